The molecule has 0 saturated heterocycles. The molecule has 3 nitrogen and oxygen atoms in total. The van der Waals surface area contributed by atoms with E-state index in [1.54, 1.807) is 6.07 Å². The average Bonchev–Trinajstić information content (AvgIpc) is 2.08. The van der Waals surface area contributed by atoms with E-state index in [9.17, 15) is 0 Å². The highest BCUT2D eigenvalue weighted by Crippen LogP contribution is 2.22. The maximum Gasteiger partial charge on any atom is 0.133 e. The van der Waals surface area contributed by atoms with E-state index in [0.717, 1.165) is 12.0 Å². The maximum atomic E-state index is 5.82. The van der Waals surface area contributed by atoms with E-state index in [0.29, 0.717) is 10.8 Å². The lowest BCUT2D eigenvalue weighted by molar-refractivity contribution is 0.696. The number of hydrogen-bond donors (Lipinski definition) is 2. The van der Waals surface area contributed by atoms with Crippen molar-refractivity contribution in [1.29, 1.82) is 0 Å². The zero-order valence-electron chi connectivity index (χ0n) is 6.92. The van der Waals surface area contributed by atoms with Crippen LogP contribution in [0.3, 0.4) is 0 Å². The number of rotatable bonds is 2. The predicted octanol–water partition coefficient (Wildman–Crippen LogP) is 1.73. The molecule has 0 aromatic carbocycles. The van der Waals surface area contributed by atoms with Gasteiger partial charge in [-0.15, -0.1) is 0 Å². The highest BCUT2D eigenvalue weighted by atomic mass is 35.5. The first-order valence-electron chi connectivity index (χ1n) is 3.81. The molecule has 12 heavy (non-hydrogen) atoms. The number of nitrogens with zero attached hydrogens (tertiary/aromatic N) is 1. The van der Waals surface area contributed by atoms with Crippen LogP contribution >= 0.6 is 11.6 Å². The maximum absolute atomic E-state index is 5.82. The second-order valence-corrected chi connectivity index (χ2v) is 3.02. The second-order valence-electron chi connectivity index (χ2n) is 2.66. The van der Waals surface area contributed by atoms with Crippen LogP contribution in [0.5, 0.6) is 0 Å². The van der Waals surface area contributed by atoms with Gasteiger partial charge in [0.25, 0.3) is 0 Å². The zero-order chi connectivity index (χ0) is 9.14. The Labute approximate surface area is 76.7 Å². The average molecular weight is 186 g/mol. The number of nitrogen functional groups attached to an aromatic ring is 1. The van der Waals surface area contributed by atoms with Crippen molar-refractivity contribution < 1.29 is 0 Å². The fourth-order valence-corrected chi connectivity index (χ4v) is 1.21. The molecule has 0 unspecified atom stereocenters. The summed E-state index contributed by atoms with van der Waals surface area (Å²) in [5, 5.41) is 0.443. The lowest BCUT2D eigenvalue weighted by atomic mass is 10.1. The SMILES string of the molecule is CC[C@@H](N)c1cc(N)cnc1Cl. The first kappa shape index (κ1) is 9.29. The highest BCUT2D eigenvalue weighted by molar-refractivity contribution is 6.30. The molecule has 1 aromatic heterocycles. The number of aromatic nitrogens is 1. The van der Waals surface area contributed by atoms with E-state index < -0.39 is 0 Å². The van der Waals surface area contributed by atoms with Gasteiger partial charge < -0.3 is 11.5 Å². The molecule has 0 aliphatic carbocycles. The molecule has 0 aliphatic rings. The number of hydrogen-bond acceptors (Lipinski definition) is 3. The van der Waals surface area contributed by atoms with Gasteiger partial charge >= 0.3 is 0 Å². The Hall–Kier alpha value is -0.800. The van der Waals surface area contributed by atoms with Crippen LogP contribution < -0.4 is 11.5 Å². The molecule has 0 aliphatic heterocycles. The minimum atomic E-state index is -0.0755. The molecule has 1 aromatic rings. The number of halogens is 1. The molecule has 0 fully saturated rings. The summed E-state index contributed by atoms with van der Waals surface area (Å²) in [4.78, 5) is 3.91. The van der Waals surface area contributed by atoms with Crippen molar-refractivity contribution in [3.63, 3.8) is 0 Å². The highest BCUT2D eigenvalue weighted by Gasteiger charge is 2.08. The van der Waals surface area contributed by atoms with Crippen molar-refractivity contribution in [2.45, 2.75) is 19.4 Å². The Balaban J connectivity index is 3.04. The topological polar surface area (TPSA) is 64.9 Å². The van der Waals surface area contributed by atoms with E-state index >= 15 is 0 Å². The van der Waals surface area contributed by atoms with E-state index in [1.807, 2.05) is 6.92 Å². The molecule has 0 spiro atoms. The molecule has 0 bridgehead atoms. The second kappa shape index (κ2) is 3.74. The molecular weight excluding hydrogens is 174 g/mol. The Morgan fingerprint density at radius 1 is 1.67 bits per heavy atom. The number of pyridine rings is 1. The third-order valence-corrected chi connectivity index (χ3v) is 2.04. The summed E-state index contributed by atoms with van der Waals surface area (Å²) in [6.07, 6.45) is 2.35. The first-order chi connectivity index (χ1) is 5.65. The van der Waals surface area contributed by atoms with Crippen LogP contribution in [0.2, 0.25) is 5.15 Å². The smallest absolute Gasteiger partial charge is 0.133 e. The molecule has 66 valence electrons. The van der Waals surface area contributed by atoms with Crippen LogP contribution in [0.4, 0.5) is 5.69 Å². The van der Waals surface area contributed by atoms with Gasteiger partial charge in [-0.3, -0.25) is 0 Å². The van der Waals surface area contributed by atoms with Crippen LogP contribution in [0, 0.1) is 0 Å². The molecule has 0 radical (unpaired) electrons. The summed E-state index contributed by atoms with van der Waals surface area (Å²) in [6.45, 7) is 1.99. The molecule has 4 heteroatoms. The Morgan fingerprint density at radius 3 is 2.92 bits per heavy atom. The van der Waals surface area contributed by atoms with Gasteiger partial charge in [-0.1, -0.05) is 18.5 Å². The van der Waals surface area contributed by atoms with Gasteiger partial charge in [-0.2, -0.15) is 0 Å². The van der Waals surface area contributed by atoms with Crippen molar-refractivity contribution in [1.82, 2.24) is 4.98 Å². The Morgan fingerprint density at radius 2 is 2.33 bits per heavy atom. The van der Waals surface area contributed by atoms with Gasteiger partial charge in [-0.25, -0.2) is 4.98 Å². The number of anilines is 1. The van der Waals surface area contributed by atoms with Crippen LogP contribution in [0.15, 0.2) is 12.3 Å². The van der Waals surface area contributed by atoms with Crippen molar-refractivity contribution in [3.05, 3.63) is 23.0 Å². The normalized spacial score (nSPS) is 12.9. The zero-order valence-corrected chi connectivity index (χ0v) is 7.67. The van der Waals surface area contributed by atoms with Crippen LogP contribution in [0.25, 0.3) is 0 Å². The van der Waals surface area contributed by atoms with E-state index in [2.05, 4.69) is 4.98 Å². The van der Waals surface area contributed by atoms with Gasteiger partial charge in [0.2, 0.25) is 0 Å². The largest absolute Gasteiger partial charge is 0.397 e. The summed E-state index contributed by atoms with van der Waals surface area (Å²) in [7, 11) is 0. The van der Waals surface area contributed by atoms with E-state index in [1.165, 1.54) is 6.20 Å². The Bertz CT molecular complexity index is 275. The van der Waals surface area contributed by atoms with Crippen LogP contribution in [-0.2, 0) is 0 Å². The van der Waals surface area contributed by atoms with Crippen molar-refractivity contribution >= 4 is 17.3 Å². The lowest BCUT2D eigenvalue weighted by Crippen LogP contribution is -2.10. The van der Waals surface area contributed by atoms with Gasteiger partial charge in [-0.05, 0) is 12.5 Å². The molecule has 1 atom stereocenters. The van der Waals surface area contributed by atoms with Gasteiger partial charge in [0.05, 0.1) is 11.9 Å². The quantitative estimate of drug-likeness (QED) is 0.690. The molecule has 0 amide bonds. The molecule has 1 heterocycles. The fourth-order valence-electron chi connectivity index (χ4n) is 0.962. The molecule has 4 N–H and O–H groups in total. The van der Waals surface area contributed by atoms with Crippen LogP contribution in [-0.4, -0.2) is 4.98 Å². The van der Waals surface area contributed by atoms with Gasteiger partial charge in [0, 0.05) is 11.6 Å². The summed E-state index contributed by atoms with van der Waals surface area (Å²) in [6, 6.07) is 1.69. The van der Waals surface area contributed by atoms with E-state index in [-0.39, 0.29) is 6.04 Å². The third kappa shape index (κ3) is 1.87. The monoisotopic (exact) mass is 185 g/mol. The summed E-state index contributed by atoms with van der Waals surface area (Å²) in [5.41, 5.74) is 12.7. The van der Waals surface area contributed by atoms with Crippen LogP contribution in [0.1, 0.15) is 24.9 Å². The Kier molecular flexibility index (Phi) is 2.89. The third-order valence-electron chi connectivity index (χ3n) is 1.73. The van der Waals surface area contributed by atoms with Crippen molar-refractivity contribution in [2.24, 2.45) is 5.73 Å². The van der Waals surface area contributed by atoms with Gasteiger partial charge in [0.15, 0.2) is 0 Å². The molecule has 0 saturated carbocycles. The minimum absolute atomic E-state index is 0.0755. The van der Waals surface area contributed by atoms with Crippen molar-refractivity contribution in [2.75, 3.05) is 5.73 Å². The fraction of sp³-hybridized carbons (Fsp3) is 0.375. The van der Waals surface area contributed by atoms with Crippen molar-refractivity contribution in [3.8, 4) is 0 Å². The standard InChI is InChI=1S/C8H12ClN3/c1-2-7(11)6-3-5(10)4-12-8(6)9/h3-4,7H,2,10-11H2,1H3/t7-/m1/s1. The summed E-state index contributed by atoms with van der Waals surface area (Å²) >= 11 is 5.82. The number of nitrogens with two attached hydrogens (primary N) is 2. The van der Waals surface area contributed by atoms with E-state index in [4.69, 9.17) is 23.1 Å². The summed E-state index contributed by atoms with van der Waals surface area (Å²) in [5.74, 6) is 0. The lowest BCUT2D eigenvalue weighted by Gasteiger charge is -2.10. The molecular formula is C8H12ClN3. The predicted molar refractivity (Wildman–Crippen MR) is 50.9 cm³/mol. The first-order valence-corrected chi connectivity index (χ1v) is 4.19. The minimum Gasteiger partial charge on any atom is -0.397 e. The molecule has 1 rings (SSSR count). The van der Waals surface area contributed by atoms with Gasteiger partial charge in [0.1, 0.15) is 5.15 Å². The summed E-state index contributed by atoms with van der Waals surface area (Å²) < 4.78 is 0.